The van der Waals surface area contributed by atoms with Crippen molar-refractivity contribution in [3.8, 4) is 0 Å². The highest BCUT2D eigenvalue weighted by Gasteiger charge is 2.34. The van der Waals surface area contributed by atoms with E-state index in [-0.39, 0.29) is 18.2 Å². The van der Waals surface area contributed by atoms with Crippen LogP contribution in [0, 0.1) is 5.92 Å². The number of primary amides is 1. The van der Waals surface area contributed by atoms with Crippen LogP contribution in [-0.4, -0.2) is 40.5 Å². The number of nitrogens with zero attached hydrogens (tertiary/aromatic N) is 1. The van der Waals surface area contributed by atoms with E-state index in [4.69, 9.17) is 5.73 Å². The molecule has 5 heteroatoms. The van der Waals surface area contributed by atoms with Gasteiger partial charge in [-0.3, -0.25) is 9.59 Å². The van der Waals surface area contributed by atoms with Gasteiger partial charge in [0.05, 0.1) is 12.0 Å². The molecule has 0 bridgehead atoms. The minimum atomic E-state index is -0.782. The largest absolute Gasteiger partial charge is 0.389 e. The zero-order chi connectivity index (χ0) is 15.3. The van der Waals surface area contributed by atoms with Crippen molar-refractivity contribution in [3.63, 3.8) is 0 Å². The van der Waals surface area contributed by atoms with Gasteiger partial charge in [0.2, 0.25) is 11.8 Å². The third kappa shape index (κ3) is 4.99. The van der Waals surface area contributed by atoms with Crippen LogP contribution >= 0.6 is 0 Å². The molecule has 2 amide bonds. The maximum Gasteiger partial charge on any atom is 0.225 e. The maximum absolute atomic E-state index is 12.4. The minimum Gasteiger partial charge on any atom is -0.389 e. The summed E-state index contributed by atoms with van der Waals surface area (Å²) in [4.78, 5) is 25.2. The second-order valence-electron chi connectivity index (χ2n) is 6.81. The van der Waals surface area contributed by atoms with E-state index in [0.717, 1.165) is 57.9 Å². The van der Waals surface area contributed by atoms with E-state index in [9.17, 15) is 14.7 Å². The molecule has 120 valence electrons. The van der Waals surface area contributed by atoms with E-state index in [1.165, 1.54) is 0 Å². The van der Waals surface area contributed by atoms with Crippen molar-refractivity contribution < 1.29 is 14.7 Å². The number of likely N-dealkylation sites (tertiary alicyclic amines) is 1. The summed E-state index contributed by atoms with van der Waals surface area (Å²) in [6.07, 6.45) is 8.16. The van der Waals surface area contributed by atoms with Gasteiger partial charge in [0.1, 0.15) is 0 Å². The molecule has 2 aliphatic rings. The number of carbonyl (C=O) groups excluding carboxylic acids is 2. The van der Waals surface area contributed by atoms with Gasteiger partial charge in [-0.25, -0.2) is 0 Å². The molecule has 21 heavy (non-hydrogen) atoms. The van der Waals surface area contributed by atoms with Gasteiger partial charge in [0.25, 0.3) is 0 Å². The molecule has 2 rings (SSSR count). The average molecular weight is 296 g/mol. The molecule has 1 atom stereocenters. The van der Waals surface area contributed by atoms with Crippen LogP contribution in [0.3, 0.4) is 0 Å². The van der Waals surface area contributed by atoms with Crippen molar-refractivity contribution in [2.75, 3.05) is 13.1 Å². The molecule has 1 saturated heterocycles. The predicted octanol–water partition coefficient (Wildman–Crippen LogP) is 1.58. The van der Waals surface area contributed by atoms with Crippen LogP contribution < -0.4 is 5.73 Å². The van der Waals surface area contributed by atoms with Crippen LogP contribution in [0.4, 0.5) is 0 Å². The number of aliphatic hydroxyl groups is 1. The molecule has 1 aliphatic carbocycles. The molecule has 1 unspecified atom stereocenters. The lowest BCUT2D eigenvalue weighted by molar-refractivity contribution is -0.139. The number of amides is 2. The minimum absolute atomic E-state index is 0.0724. The second-order valence-corrected chi connectivity index (χ2v) is 6.81. The van der Waals surface area contributed by atoms with Crippen LogP contribution in [0.1, 0.15) is 64.2 Å². The first-order chi connectivity index (χ1) is 9.98. The molecule has 0 spiro atoms. The lowest BCUT2D eigenvalue weighted by Crippen LogP contribution is -2.44. The van der Waals surface area contributed by atoms with Crippen molar-refractivity contribution in [2.45, 2.75) is 69.8 Å². The lowest BCUT2D eigenvalue weighted by atomic mass is 9.82. The highest BCUT2D eigenvalue weighted by Crippen LogP contribution is 2.32. The number of nitrogens with two attached hydrogens (primary N) is 1. The van der Waals surface area contributed by atoms with Crippen molar-refractivity contribution >= 4 is 11.8 Å². The fourth-order valence-electron chi connectivity index (χ4n) is 3.65. The molecule has 0 aromatic heterocycles. The molecule has 0 aromatic rings. The zero-order valence-corrected chi connectivity index (χ0v) is 12.9. The summed E-state index contributed by atoms with van der Waals surface area (Å²) in [7, 11) is 0. The Bertz CT molecular complexity index is 378. The Morgan fingerprint density at radius 2 is 1.90 bits per heavy atom. The Morgan fingerprint density at radius 1 is 1.19 bits per heavy atom. The van der Waals surface area contributed by atoms with Gasteiger partial charge in [-0.1, -0.05) is 19.3 Å². The Hall–Kier alpha value is -1.10. The van der Waals surface area contributed by atoms with Crippen molar-refractivity contribution in [2.24, 2.45) is 11.7 Å². The van der Waals surface area contributed by atoms with Gasteiger partial charge < -0.3 is 15.7 Å². The standard InChI is InChI=1S/C16H28N2O3/c17-14(19)7-6-13-5-4-10-18(12-13)15(20)11-16(21)8-2-1-3-9-16/h13,21H,1-12H2,(H2,17,19). The van der Waals surface area contributed by atoms with Crippen molar-refractivity contribution in [3.05, 3.63) is 0 Å². The normalized spacial score (nSPS) is 25.6. The summed E-state index contributed by atoms with van der Waals surface area (Å²) in [5, 5.41) is 10.5. The number of piperidine rings is 1. The summed E-state index contributed by atoms with van der Waals surface area (Å²) < 4.78 is 0. The molecular formula is C16H28N2O3. The van der Waals surface area contributed by atoms with E-state index in [1.807, 2.05) is 4.90 Å². The molecular weight excluding hydrogens is 268 g/mol. The van der Waals surface area contributed by atoms with Gasteiger partial charge in [-0.15, -0.1) is 0 Å². The fourth-order valence-corrected chi connectivity index (χ4v) is 3.65. The molecule has 0 radical (unpaired) electrons. The molecule has 1 saturated carbocycles. The van der Waals surface area contributed by atoms with Crippen molar-refractivity contribution in [1.29, 1.82) is 0 Å². The first-order valence-electron chi connectivity index (χ1n) is 8.27. The fraction of sp³-hybridized carbons (Fsp3) is 0.875. The maximum atomic E-state index is 12.4. The summed E-state index contributed by atoms with van der Waals surface area (Å²) >= 11 is 0. The van der Waals surface area contributed by atoms with E-state index in [1.54, 1.807) is 0 Å². The molecule has 5 nitrogen and oxygen atoms in total. The molecule has 1 heterocycles. The average Bonchev–Trinajstić information content (AvgIpc) is 2.45. The number of hydrogen-bond acceptors (Lipinski definition) is 3. The third-order valence-corrected chi connectivity index (χ3v) is 4.94. The quantitative estimate of drug-likeness (QED) is 0.808. The summed E-state index contributed by atoms with van der Waals surface area (Å²) in [5.74, 6) is 0.175. The molecule has 0 aromatic carbocycles. The van der Waals surface area contributed by atoms with Crippen LogP contribution in [0.25, 0.3) is 0 Å². The van der Waals surface area contributed by atoms with Gasteiger partial charge in [-0.2, -0.15) is 0 Å². The summed E-state index contributed by atoms with van der Waals surface area (Å²) in [6.45, 7) is 1.49. The Kier molecular flexibility index (Phi) is 5.62. The van der Waals surface area contributed by atoms with Crippen molar-refractivity contribution in [1.82, 2.24) is 4.90 Å². The number of rotatable bonds is 5. The van der Waals surface area contributed by atoms with E-state index >= 15 is 0 Å². The smallest absolute Gasteiger partial charge is 0.225 e. The topological polar surface area (TPSA) is 83.6 Å². The van der Waals surface area contributed by atoms with Gasteiger partial charge >= 0.3 is 0 Å². The third-order valence-electron chi connectivity index (χ3n) is 4.94. The highest BCUT2D eigenvalue weighted by atomic mass is 16.3. The van der Waals surface area contributed by atoms with Crippen LogP contribution in [-0.2, 0) is 9.59 Å². The first kappa shape index (κ1) is 16.3. The lowest BCUT2D eigenvalue weighted by Gasteiger charge is -2.37. The monoisotopic (exact) mass is 296 g/mol. The molecule has 1 aliphatic heterocycles. The molecule has 2 fully saturated rings. The Labute approximate surface area is 126 Å². The number of hydrogen-bond donors (Lipinski definition) is 2. The van der Waals surface area contributed by atoms with Gasteiger partial charge in [0.15, 0.2) is 0 Å². The van der Waals surface area contributed by atoms with E-state index in [2.05, 4.69) is 0 Å². The predicted molar refractivity (Wildman–Crippen MR) is 80.4 cm³/mol. The van der Waals surface area contributed by atoms with Crippen LogP contribution in [0.5, 0.6) is 0 Å². The Morgan fingerprint density at radius 3 is 2.57 bits per heavy atom. The van der Waals surface area contributed by atoms with Crippen LogP contribution in [0.2, 0.25) is 0 Å². The SMILES string of the molecule is NC(=O)CCC1CCCN(C(=O)CC2(O)CCCCC2)C1. The van der Waals surface area contributed by atoms with Gasteiger partial charge in [0, 0.05) is 19.5 Å². The second kappa shape index (κ2) is 7.25. The highest BCUT2D eigenvalue weighted by molar-refractivity contribution is 5.77. The first-order valence-corrected chi connectivity index (χ1v) is 8.27. The van der Waals surface area contributed by atoms with Gasteiger partial charge in [-0.05, 0) is 38.0 Å². The Balaban J connectivity index is 1.82. The summed E-state index contributed by atoms with van der Waals surface area (Å²) in [6, 6.07) is 0. The van der Waals surface area contributed by atoms with Crippen LogP contribution in [0.15, 0.2) is 0 Å². The summed E-state index contributed by atoms with van der Waals surface area (Å²) in [5.41, 5.74) is 4.41. The van der Waals surface area contributed by atoms with E-state index in [0.29, 0.717) is 18.9 Å². The number of carbonyl (C=O) groups is 2. The zero-order valence-electron chi connectivity index (χ0n) is 12.9. The molecule has 3 N–H and O–H groups in total. The van der Waals surface area contributed by atoms with E-state index < -0.39 is 5.60 Å².